The number of hydrogen-bond acceptors (Lipinski definition) is 2. The molecule has 1 amide bonds. The van der Waals surface area contributed by atoms with Crippen molar-refractivity contribution >= 4 is 5.91 Å². The average molecular weight is 262 g/mol. The maximum absolute atomic E-state index is 12.4. The van der Waals surface area contributed by atoms with Crippen LogP contribution in [0.15, 0.2) is 0 Å². The molecule has 2 heterocycles. The summed E-state index contributed by atoms with van der Waals surface area (Å²) in [6.45, 7) is 2.07. The summed E-state index contributed by atoms with van der Waals surface area (Å²) in [5, 5.41) is 3.57. The van der Waals surface area contributed by atoms with Gasteiger partial charge in [-0.2, -0.15) is 0 Å². The Hall–Kier alpha value is -1.01. The zero-order valence-electron chi connectivity index (χ0n) is 11.9. The molecule has 0 bridgehead atoms. The lowest BCUT2D eigenvalue weighted by molar-refractivity contribution is -0.135. The fourth-order valence-electron chi connectivity index (χ4n) is 3.37. The van der Waals surface area contributed by atoms with Crippen LogP contribution in [-0.4, -0.2) is 36.0 Å². The first-order chi connectivity index (χ1) is 9.33. The SMILES string of the molecule is C#CCCCCC(=O)N1CCCCC1C1CCCN1. The Kier molecular flexibility index (Phi) is 5.72. The van der Waals surface area contributed by atoms with Crippen LogP contribution in [0.4, 0.5) is 0 Å². The highest BCUT2D eigenvalue weighted by Crippen LogP contribution is 2.25. The van der Waals surface area contributed by atoms with Gasteiger partial charge in [0.05, 0.1) is 0 Å². The molecule has 19 heavy (non-hydrogen) atoms. The van der Waals surface area contributed by atoms with E-state index in [9.17, 15) is 4.79 Å². The minimum atomic E-state index is 0.343. The molecular weight excluding hydrogens is 236 g/mol. The number of rotatable bonds is 5. The predicted molar refractivity (Wildman–Crippen MR) is 77.7 cm³/mol. The van der Waals surface area contributed by atoms with E-state index in [4.69, 9.17) is 6.42 Å². The van der Waals surface area contributed by atoms with Gasteiger partial charge in [0.2, 0.25) is 5.91 Å². The van der Waals surface area contributed by atoms with Crippen LogP contribution < -0.4 is 5.32 Å². The van der Waals surface area contributed by atoms with Crippen molar-refractivity contribution < 1.29 is 4.79 Å². The highest BCUT2D eigenvalue weighted by Gasteiger charge is 2.33. The number of carbonyl (C=O) groups is 1. The van der Waals surface area contributed by atoms with Gasteiger partial charge in [0, 0.05) is 31.5 Å². The molecule has 3 heteroatoms. The van der Waals surface area contributed by atoms with Gasteiger partial charge in [-0.1, -0.05) is 0 Å². The van der Waals surface area contributed by atoms with E-state index >= 15 is 0 Å². The van der Waals surface area contributed by atoms with Crippen molar-refractivity contribution in [3.8, 4) is 12.3 Å². The third-order valence-electron chi connectivity index (χ3n) is 4.39. The van der Waals surface area contributed by atoms with Crippen molar-refractivity contribution in [3.05, 3.63) is 0 Å². The van der Waals surface area contributed by atoms with E-state index in [1.54, 1.807) is 0 Å². The first kappa shape index (κ1) is 14.4. The molecule has 0 spiro atoms. The quantitative estimate of drug-likeness (QED) is 0.609. The van der Waals surface area contributed by atoms with E-state index < -0.39 is 0 Å². The van der Waals surface area contributed by atoms with E-state index in [2.05, 4.69) is 16.1 Å². The van der Waals surface area contributed by atoms with Gasteiger partial charge < -0.3 is 10.2 Å². The molecule has 0 radical (unpaired) electrons. The fraction of sp³-hybridized carbons (Fsp3) is 0.812. The van der Waals surface area contributed by atoms with Crippen LogP contribution in [0, 0.1) is 12.3 Å². The second-order valence-electron chi connectivity index (χ2n) is 5.76. The number of amides is 1. The van der Waals surface area contributed by atoms with Gasteiger partial charge in [-0.05, 0) is 51.5 Å². The smallest absolute Gasteiger partial charge is 0.222 e. The third-order valence-corrected chi connectivity index (χ3v) is 4.39. The highest BCUT2D eigenvalue weighted by atomic mass is 16.2. The summed E-state index contributed by atoms with van der Waals surface area (Å²) in [5.74, 6) is 2.98. The summed E-state index contributed by atoms with van der Waals surface area (Å²) in [6, 6.07) is 0.978. The topological polar surface area (TPSA) is 32.3 Å². The van der Waals surface area contributed by atoms with Crippen molar-refractivity contribution in [2.45, 2.75) is 69.9 Å². The highest BCUT2D eigenvalue weighted by molar-refractivity contribution is 5.76. The Balaban J connectivity index is 1.84. The second kappa shape index (κ2) is 7.55. The minimum Gasteiger partial charge on any atom is -0.338 e. The molecule has 0 aromatic carbocycles. The molecule has 0 aromatic heterocycles. The van der Waals surface area contributed by atoms with Gasteiger partial charge in [-0.15, -0.1) is 12.3 Å². The Morgan fingerprint density at radius 3 is 2.89 bits per heavy atom. The molecule has 2 rings (SSSR count). The van der Waals surface area contributed by atoms with E-state index in [-0.39, 0.29) is 0 Å². The van der Waals surface area contributed by atoms with Crippen molar-refractivity contribution in [2.75, 3.05) is 13.1 Å². The van der Waals surface area contributed by atoms with E-state index in [0.717, 1.165) is 32.4 Å². The Labute approximate surface area is 117 Å². The maximum atomic E-state index is 12.4. The van der Waals surface area contributed by atoms with Gasteiger partial charge in [0.25, 0.3) is 0 Å². The molecule has 2 unspecified atom stereocenters. The molecule has 0 aliphatic carbocycles. The molecule has 2 aliphatic rings. The van der Waals surface area contributed by atoms with Gasteiger partial charge in [-0.3, -0.25) is 4.79 Å². The average Bonchev–Trinajstić information content (AvgIpc) is 2.97. The first-order valence-electron chi connectivity index (χ1n) is 7.79. The molecule has 2 fully saturated rings. The molecule has 3 nitrogen and oxygen atoms in total. The Morgan fingerprint density at radius 1 is 1.26 bits per heavy atom. The maximum Gasteiger partial charge on any atom is 0.222 e. The third kappa shape index (κ3) is 3.98. The van der Waals surface area contributed by atoms with Crippen LogP contribution in [0.5, 0.6) is 0 Å². The lowest BCUT2D eigenvalue weighted by Gasteiger charge is -2.39. The van der Waals surface area contributed by atoms with E-state index in [1.165, 1.54) is 32.1 Å². The summed E-state index contributed by atoms with van der Waals surface area (Å²) in [4.78, 5) is 14.5. The summed E-state index contributed by atoms with van der Waals surface area (Å²) >= 11 is 0. The van der Waals surface area contributed by atoms with Gasteiger partial charge in [0.15, 0.2) is 0 Å². The predicted octanol–water partition coefficient (Wildman–Crippen LogP) is 2.31. The lowest BCUT2D eigenvalue weighted by Crippen LogP contribution is -2.52. The van der Waals surface area contributed by atoms with Crippen LogP contribution in [-0.2, 0) is 4.79 Å². The summed E-state index contributed by atoms with van der Waals surface area (Å²) in [7, 11) is 0. The molecule has 106 valence electrons. The summed E-state index contributed by atoms with van der Waals surface area (Å²) < 4.78 is 0. The largest absolute Gasteiger partial charge is 0.338 e. The molecular formula is C16H26N2O. The second-order valence-corrected chi connectivity index (χ2v) is 5.76. The molecule has 0 saturated carbocycles. The van der Waals surface area contributed by atoms with Crippen molar-refractivity contribution in [3.63, 3.8) is 0 Å². The number of nitrogens with one attached hydrogen (secondary N) is 1. The number of unbranched alkanes of at least 4 members (excludes halogenated alkanes) is 2. The first-order valence-corrected chi connectivity index (χ1v) is 7.79. The number of carbonyl (C=O) groups excluding carboxylic acids is 1. The molecule has 2 aliphatic heterocycles. The van der Waals surface area contributed by atoms with Crippen LogP contribution in [0.25, 0.3) is 0 Å². The molecule has 2 saturated heterocycles. The van der Waals surface area contributed by atoms with Crippen molar-refractivity contribution in [1.29, 1.82) is 0 Å². The van der Waals surface area contributed by atoms with E-state index in [0.29, 0.717) is 24.4 Å². The van der Waals surface area contributed by atoms with Gasteiger partial charge >= 0.3 is 0 Å². The summed E-state index contributed by atoms with van der Waals surface area (Å²) in [5.41, 5.74) is 0. The fourth-order valence-corrected chi connectivity index (χ4v) is 3.37. The number of piperidine rings is 1. The zero-order valence-corrected chi connectivity index (χ0v) is 11.9. The minimum absolute atomic E-state index is 0.343. The zero-order chi connectivity index (χ0) is 13.5. The van der Waals surface area contributed by atoms with Gasteiger partial charge in [-0.25, -0.2) is 0 Å². The van der Waals surface area contributed by atoms with Crippen LogP contribution in [0.2, 0.25) is 0 Å². The van der Waals surface area contributed by atoms with Crippen molar-refractivity contribution in [2.24, 2.45) is 0 Å². The number of likely N-dealkylation sites (tertiary alicyclic amines) is 1. The normalized spacial score (nSPS) is 27.2. The Morgan fingerprint density at radius 2 is 2.16 bits per heavy atom. The molecule has 0 aromatic rings. The van der Waals surface area contributed by atoms with Crippen molar-refractivity contribution in [1.82, 2.24) is 10.2 Å². The molecule has 2 atom stereocenters. The number of hydrogen-bond donors (Lipinski definition) is 1. The van der Waals surface area contributed by atoms with Crippen LogP contribution in [0.1, 0.15) is 57.8 Å². The van der Waals surface area contributed by atoms with Crippen LogP contribution >= 0.6 is 0 Å². The van der Waals surface area contributed by atoms with Gasteiger partial charge in [0.1, 0.15) is 0 Å². The summed E-state index contributed by atoms with van der Waals surface area (Å²) in [6.07, 6.45) is 14.7. The Bertz CT molecular complexity index is 328. The number of nitrogens with zero attached hydrogens (tertiary/aromatic N) is 1. The standard InChI is InChI=1S/C16H26N2O/c1-2-3-4-5-11-16(19)18-13-7-6-10-15(18)14-9-8-12-17-14/h1,14-15,17H,3-13H2. The lowest BCUT2D eigenvalue weighted by atomic mass is 9.94. The number of terminal acetylenes is 1. The van der Waals surface area contributed by atoms with E-state index in [1.807, 2.05) is 0 Å². The van der Waals surface area contributed by atoms with Crippen LogP contribution in [0.3, 0.4) is 0 Å². The molecule has 1 N–H and O–H groups in total. The monoisotopic (exact) mass is 262 g/mol.